The maximum Gasteiger partial charge on any atom is 0.320 e. The van der Waals surface area contributed by atoms with E-state index >= 15 is 0 Å². The molecule has 35 heavy (non-hydrogen) atoms. The molecule has 0 aliphatic carbocycles. The summed E-state index contributed by atoms with van der Waals surface area (Å²) in [5, 5.41) is 14.0. The number of carbonyl (C=O) groups is 1. The number of aryl methyl sites for hydroxylation is 1. The number of fused-ring (bicyclic) bond motifs is 3. The number of carboxylic acid groups (broad SMARTS) is 1. The Morgan fingerprint density at radius 1 is 1.06 bits per heavy atom. The summed E-state index contributed by atoms with van der Waals surface area (Å²) in [6.07, 6.45) is 1.70. The molecule has 3 saturated heterocycles. The normalized spacial score (nSPS) is 25.5. The summed E-state index contributed by atoms with van der Waals surface area (Å²) in [6.45, 7) is 3.59. The molecule has 0 amide bonds. The van der Waals surface area contributed by atoms with E-state index in [4.69, 9.17) is 4.74 Å². The second-order valence-electron chi connectivity index (χ2n) is 9.89. The van der Waals surface area contributed by atoms with Crippen LogP contribution in [0.15, 0.2) is 78.9 Å². The van der Waals surface area contributed by atoms with Crippen LogP contribution >= 0.6 is 0 Å². The van der Waals surface area contributed by atoms with Gasteiger partial charge in [-0.1, -0.05) is 78.4 Å². The zero-order valence-electron chi connectivity index (χ0n) is 20.4. The van der Waals surface area contributed by atoms with Crippen LogP contribution in [0.5, 0.6) is 5.75 Å². The first-order valence-electron chi connectivity index (χ1n) is 12.5. The van der Waals surface area contributed by atoms with Gasteiger partial charge < -0.3 is 15.2 Å². The van der Waals surface area contributed by atoms with Gasteiger partial charge in [0.1, 0.15) is 11.8 Å². The quantitative estimate of drug-likeness (QED) is 0.493. The lowest BCUT2D eigenvalue weighted by atomic mass is 9.68. The van der Waals surface area contributed by atoms with E-state index in [0.29, 0.717) is 18.9 Å². The molecule has 3 heterocycles. The van der Waals surface area contributed by atoms with Crippen LogP contribution in [0.4, 0.5) is 0 Å². The fraction of sp³-hybridized carbons (Fsp3) is 0.367. The van der Waals surface area contributed by atoms with E-state index in [9.17, 15) is 9.90 Å². The largest absolute Gasteiger partial charge is 0.496 e. The molecular weight excluding hydrogens is 436 g/mol. The number of hydrogen-bond donors (Lipinski definition) is 2. The number of piperidine rings is 3. The maximum absolute atomic E-state index is 12.3. The van der Waals surface area contributed by atoms with Crippen LogP contribution in [0.3, 0.4) is 0 Å². The number of nitrogens with one attached hydrogen (secondary N) is 1. The first-order chi connectivity index (χ1) is 17.1. The van der Waals surface area contributed by atoms with Crippen molar-refractivity contribution in [3.63, 3.8) is 0 Å². The lowest BCUT2D eigenvalue weighted by molar-refractivity contribution is -0.152. The number of benzene rings is 3. The topological polar surface area (TPSA) is 61.8 Å². The van der Waals surface area contributed by atoms with Crippen LogP contribution in [-0.4, -0.2) is 47.8 Å². The van der Waals surface area contributed by atoms with Crippen LogP contribution in [0.1, 0.15) is 41.0 Å². The van der Waals surface area contributed by atoms with Gasteiger partial charge >= 0.3 is 5.97 Å². The molecule has 3 aromatic carbocycles. The van der Waals surface area contributed by atoms with Crippen molar-refractivity contribution in [1.29, 1.82) is 0 Å². The van der Waals surface area contributed by atoms with Crippen molar-refractivity contribution in [2.45, 2.75) is 50.4 Å². The van der Waals surface area contributed by atoms with E-state index in [2.05, 4.69) is 77.8 Å². The van der Waals surface area contributed by atoms with Crippen LogP contribution in [-0.2, 0) is 11.3 Å². The average Bonchev–Trinajstić information content (AvgIpc) is 2.89. The number of aliphatic carboxylic acids is 1. The summed E-state index contributed by atoms with van der Waals surface area (Å²) in [5.41, 5.74) is 4.78. The first kappa shape index (κ1) is 23.6. The van der Waals surface area contributed by atoms with E-state index in [-0.39, 0.29) is 18.0 Å². The molecule has 0 aromatic heterocycles. The highest BCUT2D eigenvalue weighted by Crippen LogP contribution is 2.44. The van der Waals surface area contributed by atoms with Crippen molar-refractivity contribution in [3.8, 4) is 5.75 Å². The van der Waals surface area contributed by atoms with Crippen molar-refractivity contribution in [2.24, 2.45) is 5.92 Å². The Labute approximate surface area is 207 Å². The molecule has 5 atom stereocenters. The first-order valence-corrected chi connectivity index (χ1v) is 12.5. The summed E-state index contributed by atoms with van der Waals surface area (Å²) >= 11 is 0. The molecule has 4 unspecified atom stereocenters. The van der Waals surface area contributed by atoms with Gasteiger partial charge in [-0.25, -0.2) is 0 Å². The SMILES string of the molecule is COc1ccc(C)cc1CNC1C2CCN(C(C(=O)O)C2)[C@H]1C(c1ccccc1)c1ccccc1. The van der Waals surface area contributed by atoms with Gasteiger partial charge in [-0.15, -0.1) is 0 Å². The Morgan fingerprint density at radius 3 is 2.31 bits per heavy atom. The molecule has 0 saturated carbocycles. The van der Waals surface area contributed by atoms with Crippen molar-refractivity contribution >= 4 is 5.97 Å². The minimum absolute atomic E-state index is 0.0317. The summed E-state index contributed by atoms with van der Waals surface area (Å²) in [5.74, 6) is 0.543. The van der Waals surface area contributed by atoms with Crippen LogP contribution in [0.25, 0.3) is 0 Å². The molecule has 0 radical (unpaired) electrons. The third kappa shape index (κ3) is 4.71. The molecule has 2 bridgehead atoms. The van der Waals surface area contributed by atoms with Gasteiger partial charge in [-0.2, -0.15) is 0 Å². The van der Waals surface area contributed by atoms with Gasteiger partial charge in [0.15, 0.2) is 0 Å². The number of hydrogen-bond acceptors (Lipinski definition) is 4. The van der Waals surface area contributed by atoms with Gasteiger partial charge in [0, 0.05) is 30.1 Å². The molecular formula is C30H34N2O3. The third-order valence-electron chi connectivity index (χ3n) is 7.85. The van der Waals surface area contributed by atoms with E-state index < -0.39 is 12.0 Å². The number of carboxylic acids is 1. The van der Waals surface area contributed by atoms with E-state index in [1.54, 1.807) is 7.11 Å². The number of rotatable bonds is 8. The fourth-order valence-corrected chi connectivity index (χ4v) is 6.29. The van der Waals surface area contributed by atoms with Crippen molar-refractivity contribution < 1.29 is 14.6 Å². The van der Waals surface area contributed by atoms with E-state index in [1.165, 1.54) is 16.7 Å². The molecule has 3 fully saturated rings. The Morgan fingerprint density at radius 2 is 1.71 bits per heavy atom. The molecule has 182 valence electrons. The molecule has 3 aliphatic heterocycles. The minimum atomic E-state index is -0.710. The maximum atomic E-state index is 12.3. The Balaban J connectivity index is 1.55. The highest BCUT2D eigenvalue weighted by Gasteiger charge is 2.52. The summed E-state index contributed by atoms with van der Waals surface area (Å²) in [7, 11) is 1.71. The van der Waals surface area contributed by atoms with Crippen molar-refractivity contribution in [1.82, 2.24) is 10.2 Å². The molecule has 3 aliphatic rings. The highest BCUT2D eigenvalue weighted by atomic mass is 16.5. The summed E-state index contributed by atoms with van der Waals surface area (Å²) in [4.78, 5) is 14.6. The zero-order chi connectivity index (χ0) is 24.4. The Bertz CT molecular complexity index is 1110. The van der Waals surface area contributed by atoms with Crippen LogP contribution < -0.4 is 10.1 Å². The molecule has 5 heteroatoms. The van der Waals surface area contributed by atoms with Crippen LogP contribution in [0, 0.1) is 12.8 Å². The lowest BCUT2D eigenvalue weighted by Gasteiger charge is -2.56. The predicted molar refractivity (Wildman–Crippen MR) is 138 cm³/mol. The van der Waals surface area contributed by atoms with Gasteiger partial charge in [0.2, 0.25) is 0 Å². The lowest BCUT2D eigenvalue weighted by Crippen LogP contribution is -2.69. The average molecular weight is 471 g/mol. The molecule has 6 rings (SSSR count). The molecule has 5 nitrogen and oxygen atoms in total. The van der Waals surface area contributed by atoms with Gasteiger partial charge in [0.05, 0.1) is 7.11 Å². The second kappa shape index (κ2) is 10.2. The highest BCUT2D eigenvalue weighted by molar-refractivity contribution is 5.74. The standard InChI is InChI=1S/C30H34N2O3/c1-20-13-14-26(35-2)24(17-20)19-31-28-23-15-16-32(25(18-23)30(33)34)29(28)27(21-9-5-3-6-10-21)22-11-7-4-8-12-22/h3-14,17,23,25,27-29,31H,15-16,18-19H2,1-2H3,(H,33,34)/t23?,25?,28?,29-/m0/s1. The smallest absolute Gasteiger partial charge is 0.320 e. The van der Waals surface area contributed by atoms with Crippen LogP contribution in [0.2, 0.25) is 0 Å². The number of methoxy groups -OCH3 is 1. The molecule has 0 spiro atoms. The summed E-state index contributed by atoms with van der Waals surface area (Å²) < 4.78 is 5.64. The third-order valence-corrected chi connectivity index (χ3v) is 7.85. The van der Waals surface area contributed by atoms with Gasteiger partial charge in [-0.3, -0.25) is 9.69 Å². The van der Waals surface area contributed by atoms with Gasteiger partial charge in [-0.05, 0) is 49.4 Å². The van der Waals surface area contributed by atoms with E-state index in [1.807, 2.05) is 18.2 Å². The molecule has 2 N–H and O–H groups in total. The second-order valence-corrected chi connectivity index (χ2v) is 9.89. The van der Waals surface area contributed by atoms with E-state index in [0.717, 1.165) is 24.3 Å². The van der Waals surface area contributed by atoms with Crippen molar-refractivity contribution in [2.75, 3.05) is 13.7 Å². The number of ether oxygens (including phenoxy) is 1. The van der Waals surface area contributed by atoms with Gasteiger partial charge in [0.25, 0.3) is 0 Å². The monoisotopic (exact) mass is 470 g/mol. The summed E-state index contributed by atoms with van der Waals surface area (Å²) in [6, 6.07) is 27.1. The zero-order valence-corrected chi connectivity index (χ0v) is 20.4. The Hall–Kier alpha value is -3.15. The Kier molecular flexibility index (Phi) is 6.89. The number of nitrogens with zero attached hydrogens (tertiary/aromatic N) is 1. The molecule has 3 aromatic rings. The predicted octanol–water partition coefficient (Wildman–Crippen LogP) is 4.84. The fourth-order valence-electron chi connectivity index (χ4n) is 6.29. The minimum Gasteiger partial charge on any atom is -0.496 e. The van der Waals surface area contributed by atoms with Crippen molar-refractivity contribution in [3.05, 3.63) is 101 Å².